The largest absolute Gasteiger partial charge is 0.457 e. The van der Waals surface area contributed by atoms with Gasteiger partial charge in [-0.15, -0.1) is 0 Å². The third kappa shape index (κ3) is 5.88. The van der Waals surface area contributed by atoms with E-state index in [1.807, 2.05) is 45.0 Å². The minimum absolute atomic E-state index is 0.00261. The Balaban J connectivity index is 1.51. The zero-order valence-electron chi connectivity index (χ0n) is 23.0. The second-order valence-corrected chi connectivity index (χ2v) is 11.1. The molecule has 11 heteroatoms. The molecule has 1 aliphatic heterocycles. The molecule has 1 saturated heterocycles. The van der Waals surface area contributed by atoms with Crippen LogP contribution in [0.4, 0.5) is 10.2 Å². The van der Waals surface area contributed by atoms with Crippen molar-refractivity contribution in [1.29, 1.82) is 5.26 Å². The van der Waals surface area contributed by atoms with E-state index in [2.05, 4.69) is 9.97 Å². The van der Waals surface area contributed by atoms with Gasteiger partial charge in [0.1, 0.15) is 46.8 Å². The lowest BCUT2D eigenvalue weighted by Crippen LogP contribution is -2.47. The predicted octanol–water partition coefficient (Wildman–Crippen LogP) is 4.64. The van der Waals surface area contributed by atoms with E-state index in [-0.39, 0.29) is 47.6 Å². The van der Waals surface area contributed by atoms with Crippen LogP contribution in [0.5, 0.6) is 11.5 Å². The maximum absolute atomic E-state index is 15.5. The Morgan fingerprint density at radius 2 is 1.93 bits per heavy atom. The molecule has 3 N–H and O–H groups in total. The first kappa shape index (κ1) is 27.7. The van der Waals surface area contributed by atoms with Crippen LogP contribution in [0.1, 0.15) is 33.2 Å². The first-order valence-corrected chi connectivity index (χ1v) is 13.2. The van der Waals surface area contributed by atoms with Crippen LogP contribution in [-0.2, 0) is 4.79 Å². The lowest BCUT2D eigenvalue weighted by Gasteiger charge is -2.35. The molecule has 210 valence electrons. The Bertz CT molecular complexity index is 1670. The van der Waals surface area contributed by atoms with Gasteiger partial charge >= 0.3 is 0 Å². The Kier molecular flexibility index (Phi) is 7.43. The van der Waals surface area contributed by atoms with E-state index < -0.39 is 23.9 Å². The fourth-order valence-electron chi connectivity index (χ4n) is 4.95. The van der Waals surface area contributed by atoms with Crippen LogP contribution in [0.3, 0.4) is 0 Å². The molecule has 1 fully saturated rings. The van der Waals surface area contributed by atoms with Crippen LogP contribution in [0.15, 0.2) is 66.5 Å². The van der Waals surface area contributed by atoms with Gasteiger partial charge in [0.05, 0.1) is 17.5 Å². The van der Waals surface area contributed by atoms with Crippen molar-refractivity contribution in [2.24, 2.45) is 5.41 Å². The number of amides is 1. The number of β-amino-alcohol motifs (C(OH)–C–C–N with tert-alkyl or cyclic N) is 1. The molecule has 10 nitrogen and oxygen atoms in total. The Hall–Kier alpha value is -4.82. The highest BCUT2D eigenvalue weighted by molar-refractivity contribution is 5.99. The fourth-order valence-corrected chi connectivity index (χ4v) is 4.95. The average Bonchev–Trinajstić information content (AvgIpc) is 3.32. The van der Waals surface area contributed by atoms with Gasteiger partial charge in [-0.3, -0.25) is 4.79 Å². The van der Waals surface area contributed by atoms with E-state index in [1.165, 1.54) is 17.3 Å². The number of carbonyl (C=O) groups is 1. The maximum atomic E-state index is 15.5. The highest BCUT2D eigenvalue weighted by Gasteiger charge is 2.34. The molecule has 1 amide bonds. The molecule has 0 bridgehead atoms. The highest BCUT2D eigenvalue weighted by Crippen LogP contribution is 2.36. The standard InChI is InChI=1S/C30H30FN7O3/c1-30(2,3)13-18(14-32)29(40)37-15-19(11-20(39)16-37)38-28-25(27(33)34-17-35-28)26(36-38)23-10-9-22(12-24(23)31)41-21-7-5-4-6-8-21/h4-10,12-13,17,19-20,39H,11,15-16H2,1-3H3,(H2,33,34,35)/b18-13+/t19-,20-/m1/s1. The van der Waals surface area contributed by atoms with Gasteiger partial charge < -0.3 is 20.5 Å². The number of likely N-dealkylation sites (tertiary alicyclic amines) is 1. The van der Waals surface area contributed by atoms with Crippen LogP contribution in [-0.4, -0.2) is 54.9 Å². The third-order valence-electron chi connectivity index (χ3n) is 6.66. The number of halogens is 1. The summed E-state index contributed by atoms with van der Waals surface area (Å²) in [5, 5.41) is 25.4. The van der Waals surface area contributed by atoms with Crippen LogP contribution >= 0.6 is 0 Å². The predicted molar refractivity (Wildman–Crippen MR) is 151 cm³/mol. The number of nitriles is 1. The van der Waals surface area contributed by atoms with Crippen molar-refractivity contribution < 1.29 is 19.0 Å². The van der Waals surface area contributed by atoms with E-state index in [1.54, 1.807) is 35.0 Å². The fraction of sp³-hybridized carbons (Fsp3) is 0.300. The van der Waals surface area contributed by atoms with Gasteiger partial charge in [-0.25, -0.2) is 19.0 Å². The summed E-state index contributed by atoms with van der Waals surface area (Å²) in [5.74, 6) is -0.0633. The molecule has 4 aromatic rings. The smallest absolute Gasteiger partial charge is 0.264 e. The first-order valence-electron chi connectivity index (χ1n) is 13.2. The molecule has 2 aromatic heterocycles. The number of nitrogen functional groups attached to an aromatic ring is 1. The number of piperidine rings is 1. The van der Waals surface area contributed by atoms with Crippen molar-refractivity contribution in [3.8, 4) is 28.8 Å². The highest BCUT2D eigenvalue weighted by atomic mass is 19.1. The summed E-state index contributed by atoms with van der Waals surface area (Å²) < 4.78 is 22.8. The number of para-hydroxylation sites is 1. The van der Waals surface area contributed by atoms with Crippen molar-refractivity contribution in [3.05, 3.63) is 72.3 Å². The second-order valence-electron chi connectivity index (χ2n) is 11.1. The summed E-state index contributed by atoms with van der Waals surface area (Å²) in [6.07, 6.45) is 2.30. The second kappa shape index (κ2) is 11.0. The minimum atomic E-state index is -0.875. The molecule has 2 atom stereocenters. The Morgan fingerprint density at radius 1 is 1.17 bits per heavy atom. The number of hydrogen-bond acceptors (Lipinski definition) is 8. The molecule has 41 heavy (non-hydrogen) atoms. The van der Waals surface area contributed by atoms with Gasteiger partial charge in [0.2, 0.25) is 0 Å². The van der Waals surface area contributed by atoms with Crippen molar-refractivity contribution in [2.45, 2.75) is 39.3 Å². The van der Waals surface area contributed by atoms with Crippen molar-refractivity contribution in [1.82, 2.24) is 24.6 Å². The molecular formula is C30H30FN7O3. The van der Waals surface area contributed by atoms with Gasteiger partial charge in [0.25, 0.3) is 5.91 Å². The number of ether oxygens (including phenoxy) is 1. The zero-order chi connectivity index (χ0) is 29.3. The zero-order valence-corrected chi connectivity index (χ0v) is 23.0. The monoisotopic (exact) mass is 555 g/mol. The normalized spacial score (nSPS) is 17.9. The van der Waals surface area contributed by atoms with Gasteiger partial charge in [0.15, 0.2) is 5.65 Å². The van der Waals surface area contributed by atoms with E-state index in [0.29, 0.717) is 22.5 Å². The molecule has 0 saturated carbocycles. The van der Waals surface area contributed by atoms with E-state index >= 15 is 4.39 Å². The number of rotatable bonds is 5. The summed E-state index contributed by atoms with van der Waals surface area (Å²) >= 11 is 0. The van der Waals surface area contributed by atoms with Gasteiger partial charge in [-0.2, -0.15) is 10.4 Å². The van der Waals surface area contributed by atoms with Crippen LogP contribution in [0.25, 0.3) is 22.3 Å². The van der Waals surface area contributed by atoms with Crippen LogP contribution in [0, 0.1) is 22.6 Å². The van der Waals surface area contributed by atoms with Crippen molar-refractivity contribution in [3.63, 3.8) is 0 Å². The Labute approximate surface area is 236 Å². The quantitative estimate of drug-likeness (QED) is 0.268. The number of aromatic nitrogens is 4. The van der Waals surface area contributed by atoms with E-state index in [4.69, 9.17) is 15.6 Å². The summed E-state index contributed by atoms with van der Waals surface area (Å²) in [6, 6.07) is 14.9. The number of nitrogens with zero attached hydrogens (tertiary/aromatic N) is 6. The molecule has 1 aliphatic rings. The van der Waals surface area contributed by atoms with Crippen LogP contribution < -0.4 is 10.5 Å². The number of anilines is 1. The first-order chi connectivity index (χ1) is 19.5. The number of fused-ring (bicyclic) bond motifs is 1. The third-order valence-corrected chi connectivity index (χ3v) is 6.66. The van der Waals surface area contributed by atoms with Gasteiger partial charge in [-0.1, -0.05) is 45.0 Å². The molecule has 5 rings (SSSR count). The topological polar surface area (TPSA) is 143 Å². The number of allylic oxidation sites excluding steroid dienone is 1. The maximum Gasteiger partial charge on any atom is 0.264 e. The van der Waals surface area contributed by atoms with Crippen LogP contribution in [0.2, 0.25) is 0 Å². The number of nitrogens with two attached hydrogens (primary N) is 1. The number of aliphatic hydroxyl groups is 1. The molecule has 0 radical (unpaired) electrons. The number of hydrogen-bond donors (Lipinski definition) is 2. The average molecular weight is 556 g/mol. The Morgan fingerprint density at radius 3 is 2.61 bits per heavy atom. The number of aliphatic hydroxyl groups excluding tert-OH is 1. The lowest BCUT2D eigenvalue weighted by molar-refractivity contribution is -0.131. The molecule has 3 heterocycles. The number of benzene rings is 2. The van der Waals surface area contributed by atoms with Gasteiger partial charge in [-0.05, 0) is 36.1 Å². The molecule has 0 spiro atoms. The molecule has 2 aromatic carbocycles. The summed E-state index contributed by atoms with van der Waals surface area (Å²) in [7, 11) is 0. The minimum Gasteiger partial charge on any atom is -0.457 e. The van der Waals surface area contributed by atoms with Crippen molar-refractivity contribution >= 4 is 22.8 Å². The summed E-state index contributed by atoms with van der Waals surface area (Å²) in [5.41, 5.74) is 6.58. The van der Waals surface area contributed by atoms with Crippen molar-refractivity contribution in [2.75, 3.05) is 18.8 Å². The number of carbonyl (C=O) groups excluding carboxylic acids is 1. The summed E-state index contributed by atoms with van der Waals surface area (Å²) in [6.45, 7) is 5.91. The molecular weight excluding hydrogens is 525 g/mol. The van der Waals surface area contributed by atoms with Gasteiger partial charge in [0, 0.05) is 24.7 Å². The van der Waals surface area contributed by atoms with E-state index in [0.717, 1.165) is 0 Å². The lowest BCUT2D eigenvalue weighted by atomic mass is 9.93. The summed E-state index contributed by atoms with van der Waals surface area (Å²) in [4.78, 5) is 23.2. The SMILES string of the molecule is CC(C)(C)/C=C(\C#N)C(=O)N1C[C@H](O)C[C@@H](n2nc(-c3ccc(Oc4ccccc4)cc3F)c3c(N)ncnc32)C1. The van der Waals surface area contributed by atoms with E-state index in [9.17, 15) is 15.2 Å². The molecule has 0 aliphatic carbocycles. The molecule has 0 unspecified atom stereocenters.